The van der Waals surface area contributed by atoms with Crippen molar-refractivity contribution < 1.29 is 4.79 Å². The molecule has 1 amide bonds. The number of hydrogen-bond donors (Lipinski definition) is 2. The lowest BCUT2D eigenvalue weighted by atomic mass is 10.2. The van der Waals surface area contributed by atoms with Gasteiger partial charge in [-0.2, -0.15) is 0 Å². The Morgan fingerprint density at radius 1 is 1.13 bits per heavy atom. The van der Waals surface area contributed by atoms with E-state index in [0.717, 1.165) is 22.6 Å². The molecule has 2 N–H and O–H groups in total. The molecule has 2 aromatic rings. The molecular formula is C18H22ClN3O. The molecule has 0 fully saturated rings. The van der Waals surface area contributed by atoms with Gasteiger partial charge in [-0.25, -0.2) is 0 Å². The van der Waals surface area contributed by atoms with Crippen LogP contribution < -0.4 is 15.5 Å². The second-order valence-corrected chi connectivity index (χ2v) is 6.06. The predicted molar refractivity (Wildman–Crippen MR) is 98.7 cm³/mol. The highest BCUT2D eigenvalue weighted by Gasteiger charge is 2.04. The van der Waals surface area contributed by atoms with Gasteiger partial charge in [-0.3, -0.25) is 4.79 Å². The number of nitrogens with zero attached hydrogens (tertiary/aromatic N) is 1. The van der Waals surface area contributed by atoms with Crippen molar-refractivity contribution in [3.8, 4) is 0 Å². The Morgan fingerprint density at radius 2 is 1.83 bits per heavy atom. The number of benzene rings is 2. The highest BCUT2D eigenvalue weighted by molar-refractivity contribution is 6.30. The SMILES string of the molecule is Cc1ccc(Cl)cc1NCCC(=O)Nc1ccc(N(C)C)cc1. The summed E-state index contributed by atoms with van der Waals surface area (Å²) in [5.74, 6) is -0.0187. The normalized spacial score (nSPS) is 10.3. The maximum absolute atomic E-state index is 12.0. The smallest absolute Gasteiger partial charge is 0.226 e. The summed E-state index contributed by atoms with van der Waals surface area (Å²) in [6, 6.07) is 13.4. The molecule has 0 bridgehead atoms. The standard InChI is InChI=1S/C18H22ClN3O/c1-13-4-5-14(19)12-17(13)20-11-10-18(23)21-15-6-8-16(9-7-15)22(2)3/h4-9,12,20H,10-11H2,1-3H3,(H,21,23). The zero-order chi connectivity index (χ0) is 16.8. The van der Waals surface area contributed by atoms with Crippen LogP contribution in [-0.2, 0) is 4.79 Å². The number of halogens is 1. The van der Waals surface area contributed by atoms with Gasteiger partial charge in [-0.05, 0) is 48.9 Å². The van der Waals surface area contributed by atoms with Gasteiger partial charge in [0.05, 0.1) is 0 Å². The Morgan fingerprint density at radius 3 is 2.48 bits per heavy atom. The van der Waals surface area contributed by atoms with Crippen molar-refractivity contribution in [3.05, 3.63) is 53.1 Å². The van der Waals surface area contributed by atoms with E-state index in [1.165, 1.54) is 0 Å². The summed E-state index contributed by atoms with van der Waals surface area (Å²) in [6.45, 7) is 2.56. The number of rotatable bonds is 6. The molecule has 0 aliphatic rings. The lowest BCUT2D eigenvalue weighted by molar-refractivity contribution is -0.115. The van der Waals surface area contributed by atoms with Crippen molar-refractivity contribution >= 4 is 34.6 Å². The van der Waals surface area contributed by atoms with Gasteiger partial charge in [0.15, 0.2) is 0 Å². The molecule has 0 unspecified atom stereocenters. The van der Waals surface area contributed by atoms with E-state index in [2.05, 4.69) is 10.6 Å². The van der Waals surface area contributed by atoms with Gasteiger partial charge >= 0.3 is 0 Å². The Kier molecular flexibility index (Phi) is 5.88. The molecule has 0 saturated heterocycles. The molecule has 0 saturated carbocycles. The molecule has 5 heteroatoms. The van der Waals surface area contributed by atoms with Gasteiger partial charge in [0, 0.05) is 49.1 Å². The molecule has 0 spiro atoms. The average molecular weight is 332 g/mol. The van der Waals surface area contributed by atoms with Crippen molar-refractivity contribution in [1.29, 1.82) is 0 Å². The van der Waals surface area contributed by atoms with E-state index in [0.29, 0.717) is 18.0 Å². The maximum Gasteiger partial charge on any atom is 0.226 e. The predicted octanol–water partition coefficient (Wildman–Crippen LogP) is 4.16. The van der Waals surface area contributed by atoms with Crippen LogP contribution in [0.3, 0.4) is 0 Å². The lowest BCUT2D eigenvalue weighted by Gasteiger charge is -2.13. The first-order valence-corrected chi connectivity index (χ1v) is 7.91. The third-order valence-corrected chi connectivity index (χ3v) is 3.77. The van der Waals surface area contributed by atoms with Crippen molar-refractivity contribution in [2.75, 3.05) is 36.2 Å². The summed E-state index contributed by atoms with van der Waals surface area (Å²) in [6.07, 6.45) is 0.390. The molecule has 2 rings (SSSR count). The summed E-state index contributed by atoms with van der Waals surface area (Å²) < 4.78 is 0. The summed E-state index contributed by atoms with van der Waals surface area (Å²) >= 11 is 5.98. The van der Waals surface area contributed by atoms with Gasteiger partial charge < -0.3 is 15.5 Å². The minimum atomic E-state index is -0.0187. The monoisotopic (exact) mass is 331 g/mol. The lowest BCUT2D eigenvalue weighted by Crippen LogP contribution is -2.16. The van der Waals surface area contributed by atoms with Gasteiger partial charge in [0.1, 0.15) is 0 Å². The molecule has 4 nitrogen and oxygen atoms in total. The van der Waals surface area contributed by atoms with E-state index in [1.807, 2.05) is 68.4 Å². The number of carbonyl (C=O) groups excluding carboxylic acids is 1. The molecule has 0 aliphatic carbocycles. The fourth-order valence-corrected chi connectivity index (χ4v) is 2.33. The number of anilines is 3. The fraction of sp³-hybridized carbons (Fsp3) is 0.278. The fourth-order valence-electron chi connectivity index (χ4n) is 2.16. The van der Waals surface area contributed by atoms with Crippen LogP contribution in [0.5, 0.6) is 0 Å². The van der Waals surface area contributed by atoms with Gasteiger partial charge in [0.2, 0.25) is 5.91 Å². The average Bonchev–Trinajstić information content (AvgIpc) is 2.51. The number of amides is 1. The minimum Gasteiger partial charge on any atom is -0.384 e. The van der Waals surface area contributed by atoms with Gasteiger partial charge in [0.25, 0.3) is 0 Å². The molecule has 0 aliphatic heterocycles. The van der Waals surface area contributed by atoms with Crippen molar-refractivity contribution in [2.45, 2.75) is 13.3 Å². The topological polar surface area (TPSA) is 44.4 Å². The Hall–Kier alpha value is -2.20. The van der Waals surface area contributed by atoms with Crippen LogP contribution in [0, 0.1) is 6.92 Å². The molecule has 2 aromatic carbocycles. The van der Waals surface area contributed by atoms with E-state index in [1.54, 1.807) is 0 Å². The van der Waals surface area contributed by atoms with Crippen molar-refractivity contribution in [3.63, 3.8) is 0 Å². The number of nitrogens with one attached hydrogen (secondary N) is 2. The minimum absolute atomic E-state index is 0.0187. The van der Waals surface area contributed by atoms with E-state index in [-0.39, 0.29) is 5.91 Å². The van der Waals surface area contributed by atoms with E-state index in [9.17, 15) is 4.79 Å². The summed E-state index contributed by atoms with van der Waals surface area (Å²) in [4.78, 5) is 14.0. The third kappa shape index (κ3) is 5.18. The van der Waals surface area contributed by atoms with Crippen LogP contribution in [0.25, 0.3) is 0 Å². The maximum atomic E-state index is 12.0. The third-order valence-electron chi connectivity index (χ3n) is 3.53. The van der Waals surface area contributed by atoms with Crippen LogP contribution in [0.15, 0.2) is 42.5 Å². The molecule has 122 valence electrons. The first-order chi connectivity index (χ1) is 11.0. The largest absolute Gasteiger partial charge is 0.384 e. The van der Waals surface area contributed by atoms with Crippen molar-refractivity contribution in [2.24, 2.45) is 0 Å². The molecule has 23 heavy (non-hydrogen) atoms. The number of hydrogen-bond acceptors (Lipinski definition) is 3. The van der Waals surface area contributed by atoms with Gasteiger partial charge in [-0.15, -0.1) is 0 Å². The Bertz CT molecular complexity index is 668. The summed E-state index contributed by atoms with van der Waals surface area (Å²) in [7, 11) is 3.97. The van der Waals surface area contributed by atoms with Crippen LogP contribution in [0.1, 0.15) is 12.0 Å². The van der Waals surface area contributed by atoms with E-state index >= 15 is 0 Å². The molecule has 0 aromatic heterocycles. The molecule has 0 radical (unpaired) electrons. The highest BCUT2D eigenvalue weighted by atomic mass is 35.5. The Balaban J connectivity index is 1.82. The summed E-state index contributed by atoms with van der Waals surface area (Å²) in [5, 5.41) is 6.82. The Labute approximate surface area is 142 Å². The van der Waals surface area contributed by atoms with Crippen molar-refractivity contribution in [1.82, 2.24) is 0 Å². The first-order valence-electron chi connectivity index (χ1n) is 7.53. The number of carbonyl (C=O) groups is 1. The second kappa shape index (κ2) is 7.88. The van der Waals surface area contributed by atoms with Crippen LogP contribution >= 0.6 is 11.6 Å². The highest BCUT2D eigenvalue weighted by Crippen LogP contribution is 2.20. The molecular weight excluding hydrogens is 310 g/mol. The number of aryl methyl sites for hydroxylation is 1. The van der Waals surface area contributed by atoms with E-state index in [4.69, 9.17) is 11.6 Å². The zero-order valence-corrected chi connectivity index (χ0v) is 14.4. The second-order valence-electron chi connectivity index (χ2n) is 5.63. The van der Waals surface area contributed by atoms with Crippen LogP contribution in [0.2, 0.25) is 5.02 Å². The first kappa shape index (κ1) is 17.2. The van der Waals surface area contributed by atoms with Crippen LogP contribution in [0.4, 0.5) is 17.1 Å². The van der Waals surface area contributed by atoms with E-state index < -0.39 is 0 Å². The summed E-state index contributed by atoms with van der Waals surface area (Å²) in [5.41, 5.74) is 3.97. The molecule has 0 heterocycles. The van der Waals surface area contributed by atoms with Gasteiger partial charge in [-0.1, -0.05) is 17.7 Å². The quantitative estimate of drug-likeness (QED) is 0.835. The van der Waals surface area contributed by atoms with Crippen LogP contribution in [-0.4, -0.2) is 26.5 Å². The zero-order valence-electron chi connectivity index (χ0n) is 13.7. The molecule has 0 atom stereocenters.